The van der Waals surface area contributed by atoms with E-state index in [1.54, 1.807) is 6.07 Å². The highest BCUT2D eigenvalue weighted by Gasteiger charge is 2.15. The molecular weight excluding hydrogens is 248 g/mol. The molecule has 0 saturated carbocycles. The molecule has 0 radical (unpaired) electrons. The summed E-state index contributed by atoms with van der Waals surface area (Å²) in [7, 11) is -4.19. The van der Waals surface area contributed by atoms with E-state index >= 15 is 0 Å². The van der Waals surface area contributed by atoms with Gasteiger partial charge in [0, 0.05) is 5.39 Å². The predicted molar refractivity (Wildman–Crippen MR) is 74.7 cm³/mol. The smallest absolute Gasteiger partial charge is 0.282 e. The van der Waals surface area contributed by atoms with Crippen molar-refractivity contribution >= 4 is 20.9 Å². The monoisotopic (exact) mass is 266 g/mol. The van der Waals surface area contributed by atoms with E-state index in [1.165, 1.54) is 6.07 Å². The fraction of sp³-hybridized carbons (Fsp3) is 0.286. The van der Waals surface area contributed by atoms with Crippen LogP contribution in [0.5, 0.6) is 0 Å². The van der Waals surface area contributed by atoms with E-state index in [9.17, 15) is 13.0 Å². The molecule has 0 spiro atoms. The van der Waals surface area contributed by atoms with Crippen LogP contribution in [0.4, 0.5) is 0 Å². The van der Waals surface area contributed by atoms with Crippen molar-refractivity contribution in [2.45, 2.75) is 33.1 Å². The van der Waals surface area contributed by atoms with E-state index in [0.29, 0.717) is 5.39 Å². The number of rotatable bonds is 1. The summed E-state index contributed by atoms with van der Waals surface area (Å²) in [5, 5.41) is 1.44. The van der Waals surface area contributed by atoms with E-state index in [1.807, 2.05) is 32.9 Å². The lowest BCUT2D eigenvalue weighted by Gasteiger charge is -2.09. The van der Waals surface area contributed by atoms with Gasteiger partial charge in [-0.25, -0.2) is 0 Å². The molecule has 0 amide bonds. The van der Waals surface area contributed by atoms with Crippen LogP contribution >= 0.6 is 0 Å². The lowest BCUT2D eigenvalue weighted by atomic mass is 10.0. The summed E-state index contributed by atoms with van der Waals surface area (Å²) in [5.41, 5.74) is 2.80. The molecule has 0 atom stereocenters. The van der Waals surface area contributed by atoms with Gasteiger partial charge in [0.25, 0.3) is 10.1 Å². The van der Waals surface area contributed by atoms with Crippen molar-refractivity contribution in [1.82, 2.24) is 0 Å². The maximum absolute atomic E-state index is 11.4. The topological polar surface area (TPSA) is 54.4 Å². The van der Waals surface area contributed by atoms with Crippen LogP contribution in [-0.4, -0.2) is 13.0 Å². The number of aryl methyl sites for hydroxylation is 3. The van der Waals surface area contributed by atoms with Gasteiger partial charge in [-0.05, 0) is 43.4 Å². The average Bonchev–Trinajstić information content (AvgIpc) is 2.16. The molecule has 0 fully saturated rings. The van der Waals surface area contributed by atoms with Crippen LogP contribution in [0.1, 0.15) is 24.1 Å². The van der Waals surface area contributed by atoms with Gasteiger partial charge in [-0.2, -0.15) is 8.42 Å². The molecule has 0 heterocycles. The lowest BCUT2D eigenvalue weighted by molar-refractivity contribution is 0.484. The first kappa shape index (κ1) is 14.7. The summed E-state index contributed by atoms with van der Waals surface area (Å²) in [6.45, 7) is 5.65. The van der Waals surface area contributed by atoms with Gasteiger partial charge in [-0.3, -0.25) is 4.55 Å². The van der Waals surface area contributed by atoms with Crippen molar-refractivity contribution in [3.8, 4) is 0 Å². The van der Waals surface area contributed by atoms with Crippen molar-refractivity contribution in [1.29, 1.82) is 0 Å². The van der Waals surface area contributed by atoms with Crippen molar-refractivity contribution in [2.24, 2.45) is 0 Å². The van der Waals surface area contributed by atoms with Gasteiger partial charge >= 0.3 is 0 Å². The number of benzene rings is 2. The Kier molecular flexibility index (Phi) is 3.84. The zero-order valence-corrected chi connectivity index (χ0v) is 10.8. The zero-order chi connectivity index (χ0) is 12.8. The number of hydrogen-bond acceptors (Lipinski definition) is 2. The molecule has 0 aromatic heterocycles. The van der Waals surface area contributed by atoms with E-state index in [4.69, 9.17) is 0 Å². The minimum atomic E-state index is -4.19. The molecule has 2 aromatic carbocycles. The molecule has 1 N–H and O–H groups in total. The molecular formula is C14H18O3S. The molecule has 3 nitrogen and oxygen atoms in total. The van der Waals surface area contributed by atoms with E-state index in [-0.39, 0.29) is 12.3 Å². The predicted octanol–water partition coefficient (Wildman–Crippen LogP) is 3.65. The van der Waals surface area contributed by atoms with Crippen LogP contribution in [0.3, 0.4) is 0 Å². The maximum atomic E-state index is 11.4. The molecule has 0 aliphatic heterocycles. The molecule has 4 heteroatoms. The third kappa shape index (κ3) is 2.54. The third-order valence-corrected chi connectivity index (χ3v) is 3.70. The Labute approximate surface area is 108 Å². The van der Waals surface area contributed by atoms with Crippen molar-refractivity contribution in [2.75, 3.05) is 0 Å². The Morgan fingerprint density at radius 3 is 1.94 bits per heavy atom. The molecule has 2 rings (SSSR count). The molecule has 98 valence electrons. The van der Waals surface area contributed by atoms with Crippen LogP contribution in [0, 0.1) is 20.8 Å². The largest absolute Gasteiger partial charge is 0.295 e. The minimum absolute atomic E-state index is 0. The quantitative estimate of drug-likeness (QED) is 0.802. The first-order valence-corrected chi connectivity index (χ1v) is 6.72. The Bertz CT molecular complexity index is 701. The van der Waals surface area contributed by atoms with Gasteiger partial charge in [0.05, 0.1) is 0 Å². The van der Waals surface area contributed by atoms with Gasteiger partial charge in [0.15, 0.2) is 0 Å². The normalized spacial score (nSPS) is 11.3. The highest BCUT2D eigenvalue weighted by Crippen LogP contribution is 2.28. The second-order valence-electron chi connectivity index (χ2n) is 4.42. The second-order valence-corrected chi connectivity index (χ2v) is 5.81. The zero-order valence-electron chi connectivity index (χ0n) is 9.98. The SMILES string of the molecule is C.Cc1cc(S(=O)(=O)O)c2cc(C)cc(C)c2c1. The molecule has 0 aliphatic rings. The van der Waals surface area contributed by atoms with Gasteiger partial charge in [-0.15, -0.1) is 0 Å². The fourth-order valence-corrected chi connectivity index (χ4v) is 2.92. The van der Waals surface area contributed by atoms with Crippen LogP contribution < -0.4 is 0 Å². The van der Waals surface area contributed by atoms with E-state index in [2.05, 4.69) is 0 Å². The van der Waals surface area contributed by atoms with Gasteiger partial charge in [0.1, 0.15) is 4.90 Å². The molecule has 2 aromatic rings. The molecule has 0 aliphatic carbocycles. The van der Waals surface area contributed by atoms with E-state index in [0.717, 1.165) is 22.1 Å². The first-order valence-electron chi connectivity index (χ1n) is 5.28. The Morgan fingerprint density at radius 1 is 0.889 bits per heavy atom. The minimum Gasteiger partial charge on any atom is -0.282 e. The second kappa shape index (κ2) is 4.71. The molecule has 0 bridgehead atoms. The number of fused-ring (bicyclic) bond motifs is 1. The van der Waals surface area contributed by atoms with Crippen LogP contribution in [0.15, 0.2) is 29.2 Å². The summed E-state index contributed by atoms with van der Waals surface area (Å²) >= 11 is 0. The van der Waals surface area contributed by atoms with Crippen molar-refractivity contribution < 1.29 is 13.0 Å². The lowest BCUT2D eigenvalue weighted by Crippen LogP contribution is -2.00. The highest BCUT2D eigenvalue weighted by molar-refractivity contribution is 7.86. The number of hydrogen-bond donors (Lipinski definition) is 1. The van der Waals surface area contributed by atoms with Crippen molar-refractivity contribution in [3.63, 3.8) is 0 Å². The van der Waals surface area contributed by atoms with Crippen LogP contribution in [-0.2, 0) is 10.1 Å². The summed E-state index contributed by atoms with van der Waals surface area (Å²) in [5.74, 6) is 0. The molecule has 0 unspecified atom stereocenters. The van der Waals surface area contributed by atoms with Gasteiger partial charge in [-0.1, -0.05) is 31.2 Å². The standard InChI is InChI=1S/C13H14O3S.CH4/c1-8-4-10(3)11-5-9(2)7-13(12(11)6-8)17(14,15)16;/h4-7H,1-3H3,(H,14,15,16);1H4. The van der Waals surface area contributed by atoms with Crippen LogP contribution in [0.2, 0.25) is 0 Å². The summed E-state index contributed by atoms with van der Waals surface area (Å²) in [6.07, 6.45) is 0. The van der Waals surface area contributed by atoms with Crippen molar-refractivity contribution in [3.05, 3.63) is 41.0 Å². The van der Waals surface area contributed by atoms with Gasteiger partial charge in [0.2, 0.25) is 0 Å². The Balaban J connectivity index is 0.00000162. The third-order valence-electron chi connectivity index (χ3n) is 2.81. The summed E-state index contributed by atoms with van der Waals surface area (Å²) in [4.78, 5) is -0.0145. The average molecular weight is 266 g/mol. The fourth-order valence-electron chi connectivity index (χ4n) is 2.14. The van der Waals surface area contributed by atoms with Gasteiger partial charge < -0.3 is 0 Å². The summed E-state index contributed by atoms with van der Waals surface area (Å²) < 4.78 is 32.0. The first-order chi connectivity index (χ1) is 7.79. The highest BCUT2D eigenvalue weighted by atomic mass is 32.2. The molecule has 0 saturated heterocycles. The Morgan fingerprint density at radius 2 is 1.39 bits per heavy atom. The molecule has 18 heavy (non-hydrogen) atoms. The Hall–Kier alpha value is -1.39. The van der Waals surface area contributed by atoms with Crippen LogP contribution in [0.25, 0.3) is 10.8 Å². The van der Waals surface area contributed by atoms with E-state index < -0.39 is 10.1 Å². The summed E-state index contributed by atoms with van der Waals surface area (Å²) in [6, 6.07) is 7.20. The maximum Gasteiger partial charge on any atom is 0.295 e.